The van der Waals surface area contributed by atoms with E-state index in [4.69, 9.17) is 4.74 Å². The highest BCUT2D eigenvalue weighted by molar-refractivity contribution is 5.36. The Morgan fingerprint density at radius 3 is 2.62 bits per heavy atom. The minimum absolute atomic E-state index is 0.00511. The highest BCUT2D eigenvalue weighted by Crippen LogP contribution is 2.13. The maximum Gasteiger partial charge on any atom is 0.323 e. The van der Waals surface area contributed by atoms with Crippen LogP contribution in [0.25, 0.3) is 0 Å². The Balaban J connectivity index is 2.13. The Labute approximate surface area is 124 Å². The van der Waals surface area contributed by atoms with E-state index in [0.717, 1.165) is 5.56 Å². The third-order valence-electron chi connectivity index (χ3n) is 2.76. The number of ether oxygens (including phenoxy) is 1. The molecule has 0 atom stereocenters. The molecule has 7 nitrogen and oxygen atoms in total. The van der Waals surface area contributed by atoms with E-state index in [-0.39, 0.29) is 6.10 Å². The second-order valence-electron chi connectivity index (χ2n) is 4.84. The second-order valence-corrected chi connectivity index (χ2v) is 4.84. The van der Waals surface area contributed by atoms with Crippen molar-refractivity contribution in [3.05, 3.63) is 29.6 Å². The van der Waals surface area contributed by atoms with E-state index < -0.39 is 0 Å². The van der Waals surface area contributed by atoms with Gasteiger partial charge in [-0.3, -0.25) is 4.98 Å². The van der Waals surface area contributed by atoms with Gasteiger partial charge in [-0.25, -0.2) is 0 Å². The number of rotatable bonds is 6. The van der Waals surface area contributed by atoms with Crippen molar-refractivity contribution >= 4 is 11.9 Å². The zero-order chi connectivity index (χ0) is 15.2. The van der Waals surface area contributed by atoms with Crippen molar-refractivity contribution < 1.29 is 4.74 Å². The number of aromatic nitrogens is 4. The fourth-order valence-corrected chi connectivity index (χ4v) is 1.67. The first-order valence-corrected chi connectivity index (χ1v) is 6.82. The highest BCUT2D eigenvalue weighted by atomic mass is 16.5. The van der Waals surface area contributed by atoms with Gasteiger partial charge in [-0.1, -0.05) is 0 Å². The van der Waals surface area contributed by atoms with Gasteiger partial charge in [0.2, 0.25) is 11.9 Å². The lowest BCUT2D eigenvalue weighted by molar-refractivity contribution is 0.222. The van der Waals surface area contributed by atoms with Gasteiger partial charge in [0.25, 0.3) is 0 Å². The van der Waals surface area contributed by atoms with Crippen LogP contribution in [0.5, 0.6) is 6.01 Å². The molecule has 0 radical (unpaired) electrons. The molecule has 0 spiro atoms. The topological polar surface area (TPSA) is 84.9 Å². The van der Waals surface area contributed by atoms with Gasteiger partial charge in [0, 0.05) is 26.0 Å². The molecule has 21 heavy (non-hydrogen) atoms. The van der Waals surface area contributed by atoms with Crippen molar-refractivity contribution in [3.63, 3.8) is 0 Å². The second kappa shape index (κ2) is 6.83. The van der Waals surface area contributed by atoms with E-state index >= 15 is 0 Å². The standard InChI is InChI=1S/C14H20N6O/c1-9(2)21-14-19-12(15-4)18-13(20-14)17-8-11-7-16-6-5-10(11)3/h5-7,9H,8H2,1-4H3,(H2,15,17,18,19,20). The normalized spacial score (nSPS) is 10.5. The van der Waals surface area contributed by atoms with Crippen LogP contribution < -0.4 is 15.4 Å². The first-order chi connectivity index (χ1) is 10.1. The molecule has 0 aromatic carbocycles. The molecule has 0 bridgehead atoms. The van der Waals surface area contributed by atoms with Crippen molar-refractivity contribution in [2.45, 2.75) is 33.4 Å². The van der Waals surface area contributed by atoms with E-state index in [2.05, 4.69) is 30.6 Å². The Kier molecular flexibility index (Phi) is 4.86. The molecule has 2 aromatic heterocycles. The average molecular weight is 288 g/mol. The molecule has 112 valence electrons. The fraction of sp³-hybridized carbons (Fsp3) is 0.429. The SMILES string of the molecule is CNc1nc(NCc2cnccc2C)nc(OC(C)C)n1. The van der Waals surface area contributed by atoms with Crippen LogP contribution >= 0.6 is 0 Å². The molecule has 0 aliphatic rings. The summed E-state index contributed by atoms with van der Waals surface area (Å²) in [5, 5.41) is 6.06. The summed E-state index contributed by atoms with van der Waals surface area (Å²) in [6.07, 6.45) is 3.61. The van der Waals surface area contributed by atoms with Gasteiger partial charge in [-0.2, -0.15) is 15.0 Å². The molecule has 0 aliphatic heterocycles. The third kappa shape index (κ3) is 4.27. The van der Waals surface area contributed by atoms with Gasteiger partial charge in [-0.05, 0) is 38.0 Å². The average Bonchev–Trinajstić information content (AvgIpc) is 2.45. The zero-order valence-electron chi connectivity index (χ0n) is 12.7. The summed E-state index contributed by atoms with van der Waals surface area (Å²) in [5.74, 6) is 0.930. The Morgan fingerprint density at radius 2 is 1.95 bits per heavy atom. The van der Waals surface area contributed by atoms with E-state index in [0.29, 0.717) is 24.5 Å². The summed E-state index contributed by atoms with van der Waals surface area (Å²) in [6, 6.07) is 2.27. The van der Waals surface area contributed by atoms with Gasteiger partial charge >= 0.3 is 6.01 Å². The smallest absolute Gasteiger partial charge is 0.323 e. The van der Waals surface area contributed by atoms with E-state index in [1.54, 1.807) is 13.2 Å². The number of aryl methyl sites for hydroxylation is 1. The van der Waals surface area contributed by atoms with Gasteiger partial charge < -0.3 is 15.4 Å². The monoisotopic (exact) mass is 288 g/mol. The number of anilines is 2. The minimum atomic E-state index is 0.00511. The molecule has 0 fully saturated rings. The van der Waals surface area contributed by atoms with Crippen LogP contribution in [0.2, 0.25) is 0 Å². The summed E-state index contributed by atoms with van der Waals surface area (Å²) >= 11 is 0. The molecule has 2 rings (SSSR count). The molecule has 2 N–H and O–H groups in total. The molecule has 7 heteroatoms. The lowest BCUT2D eigenvalue weighted by Gasteiger charge is -2.11. The molecule has 2 aromatic rings. The molecule has 0 aliphatic carbocycles. The third-order valence-corrected chi connectivity index (χ3v) is 2.76. The molecular weight excluding hydrogens is 268 g/mol. The summed E-state index contributed by atoms with van der Waals surface area (Å²) in [7, 11) is 1.75. The molecular formula is C14H20N6O. The summed E-state index contributed by atoms with van der Waals surface area (Å²) in [5.41, 5.74) is 2.26. The van der Waals surface area contributed by atoms with E-state index in [9.17, 15) is 0 Å². The molecule has 0 amide bonds. The van der Waals surface area contributed by atoms with E-state index in [1.165, 1.54) is 5.56 Å². The van der Waals surface area contributed by atoms with Crippen LogP contribution in [0.3, 0.4) is 0 Å². The number of nitrogens with zero attached hydrogens (tertiary/aromatic N) is 4. The Bertz CT molecular complexity index is 602. The fourth-order valence-electron chi connectivity index (χ4n) is 1.67. The van der Waals surface area contributed by atoms with Crippen LogP contribution in [0, 0.1) is 6.92 Å². The summed E-state index contributed by atoms with van der Waals surface area (Å²) in [6.45, 7) is 6.48. The van der Waals surface area contributed by atoms with Crippen molar-refractivity contribution in [2.75, 3.05) is 17.7 Å². The largest absolute Gasteiger partial charge is 0.461 e. The first kappa shape index (κ1) is 15.0. The van der Waals surface area contributed by atoms with Crippen LogP contribution in [-0.4, -0.2) is 33.1 Å². The van der Waals surface area contributed by atoms with Gasteiger partial charge in [0.05, 0.1) is 6.10 Å². The minimum Gasteiger partial charge on any atom is -0.461 e. The van der Waals surface area contributed by atoms with Crippen LogP contribution in [0.15, 0.2) is 18.5 Å². The predicted molar refractivity (Wildman–Crippen MR) is 81.4 cm³/mol. The predicted octanol–water partition coefficient (Wildman–Crippen LogP) is 2.02. The Hall–Kier alpha value is -2.44. The van der Waals surface area contributed by atoms with Crippen LogP contribution in [-0.2, 0) is 6.54 Å². The van der Waals surface area contributed by atoms with Crippen molar-refractivity contribution in [3.8, 4) is 6.01 Å². The lowest BCUT2D eigenvalue weighted by Crippen LogP contribution is -2.13. The van der Waals surface area contributed by atoms with Crippen molar-refractivity contribution in [2.24, 2.45) is 0 Å². The maximum atomic E-state index is 5.52. The molecule has 0 saturated carbocycles. The van der Waals surface area contributed by atoms with Gasteiger partial charge in [0.1, 0.15) is 0 Å². The maximum absolute atomic E-state index is 5.52. The lowest BCUT2D eigenvalue weighted by atomic mass is 10.2. The Morgan fingerprint density at radius 1 is 1.19 bits per heavy atom. The molecule has 0 unspecified atom stereocenters. The van der Waals surface area contributed by atoms with Crippen molar-refractivity contribution in [1.29, 1.82) is 0 Å². The number of nitrogens with one attached hydrogen (secondary N) is 2. The van der Waals surface area contributed by atoms with Crippen LogP contribution in [0.1, 0.15) is 25.0 Å². The quantitative estimate of drug-likeness (QED) is 0.841. The van der Waals surface area contributed by atoms with Crippen LogP contribution in [0.4, 0.5) is 11.9 Å². The number of hydrogen-bond acceptors (Lipinski definition) is 7. The van der Waals surface area contributed by atoms with Crippen molar-refractivity contribution in [1.82, 2.24) is 19.9 Å². The van der Waals surface area contributed by atoms with E-state index in [1.807, 2.05) is 33.0 Å². The summed E-state index contributed by atoms with van der Waals surface area (Å²) < 4.78 is 5.52. The molecule has 2 heterocycles. The molecule has 0 saturated heterocycles. The highest BCUT2D eigenvalue weighted by Gasteiger charge is 2.08. The summed E-state index contributed by atoms with van der Waals surface area (Å²) in [4.78, 5) is 16.8. The van der Waals surface area contributed by atoms with Gasteiger partial charge in [0.15, 0.2) is 0 Å². The first-order valence-electron chi connectivity index (χ1n) is 6.82. The number of hydrogen-bond donors (Lipinski definition) is 2. The number of pyridine rings is 1. The van der Waals surface area contributed by atoms with Gasteiger partial charge in [-0.15, -0.1) is 0 Å². The zero-order valence-corrected chi connectivity index (χ0v) is 12.7.